The molecule has 1 rings (SSSR count). The lowest BCUT2D eigenvalue weighted by molar-refractivity contribution is -0.142. The number of hydrogen-bond donors (Lipinski definition) is 0. The SMILES string of the molecule is CC1CCC/C=C/C=C\CCCCCCCCCC/C=C/C=C\C(=O)O1. The van der Waals surface area contributed by atoms with E-state index in [1.165, 1.54) is 63.9 Å². The first-order valence-electron chi connectivity index (χ1n) is 10.6. The maximum Gasteiger partial charge on any atom is 0.331 e. The van der Waals surface area contributed by atoms with Gasteiger partial charge < -0.3 is 4.74 Å². The second-order valence-electron chi connectivity index (χ2n) is 7.23. The summed E-state index contributed by atoms with van der Waals surface area (Å²) in [5, 5.41) is 0. The van der Waals surface area contributed by atoms with Gasteiger partial charge >= 0.3 is 5.97 Å². The van der Waals surface area contributed by atoms with Gasteiger partial charge in [-0.1, -0.05) is 81.1 Å². The molecule has 0 spiro atoms. The number of hydrogen-bond acceptors (Lipinski definition) is 2. The number of carbonyl (C=O) groups is 1. The smallest absolute Gasteiger partial charge is 0.331 e. The lowest BCUT2D eigenvalue weighted by Crippen LogP contribution is -2.12. The van der Waals surface area contributed by atoms with Gasteiger partial charge in [-0.05, 0) is 51.9 Å². The van der Waals surface area contributed by atoms with E-state index in [2.05, 4.69) is 30.4 Å². The Bertz CT molecular complexity index is 457. The van der Waals surface area contributed by atoms with Crippen LogP contribution < -0.4 is 0 Å². The van der Waals surface area contributed by atoms with Gasteiger partial charge in [0.1, 0.15) is 0 Å². The van der Waals surface area contributed by atoms with Gasteiger partial charge in [-0.25, -0.2) is 4.79 Å². The molecule has 0 amide bonds. The van der Waals surface area contributed by atoms with Crippen LogP contribution >= 0.6 is 0 Å². The molecule has 0 fully saturated rings. The van der Waals surface area contributed by atoms with Crippen molar-refractivity contribution in [1.29, 1.82) is 0 Å². The fourth-order valence-corrected chi connectivity index (χ4v) is 3.06. The Hall–Kier alpha value is -1.57. The zero-order valence-electron chi connectivity index (χ0n) is 16.7. The summed E-state index contributed by atoms with van der Waals surface area (Å²) in [6.45, 7) is 1.97. The van der Waals surface area contributed by atoms with Crippen LogP contribution in [0.5, 0.6) is 0 Å². The summed E-state index contributed by atoms with van der Waals surface area (Å²) >= 11 is 0. The molecule has 0 bridgehead atoms. The van der Waals surface area contributed by atoms with Crippen LogP contribution in [0.3, 0.4) is 0 Å². The van der Waals surface area contributed by atoms with Crippen molar-refractivity contribution < 1.29 is 9.53 Å². The van der Waals surface area contributed by atoms with Crippen LogP contribution in [-0.2, 0) is 9.53 Å². The third-order valence-corrected chi connectivity index (χ3v) is 4.65. The molecule has 1 unspecified atom stereocenters. The van der Waals surface area contributed by atoms with Crippen molar-refractivity contribution >= 4 is 5.97 Å². The first kappa shape index (κ1) is 22.5. The van der Waals surface area contributed by atoms with Gasteiger partial charge in [0.05, 0.1) is 6.10 Å². The number of cyclic esters (lactones) is 1. The molecule has 0 saturated carbocycles. The molecular formula is C24H38O2. The average molecular weight is 359 g/mol. The zero-order valence-corrected chi connectivity index (χ0v) is 16.7. The van der Waals surface area contributed by atoms with Crippen molar-refractivity contribution in [3.05, 3.63) is 48.6 Å². The Morgan fingerprint density at radius 2 is 1.15 bits per heavy atom. The fourth-order valence-electron chi connectivity index (χ4n) is 3.06. The molecule has 2 nitrogen and oxygen atoms in total. The quantitative estimate of drug-likeness (QED) is 0.427. The van der Waals surface area contributed by atoms with E-state index in [9.17, 15) is 4.79 Å². The van der Waals surface area contributed by atoms with Gasteiger partial charge in [0, 0.05) is 6.08 Å². The van der Waals surface area contributed by atoms with E-state index in [0.29, 0.717) is 0 Å². The molecule has 0 saturated heterocycles. The molecule has 1 aliphatic heterocycles. The number of allylic oxidation sites excluding steroid dienone is 7. The highest BCUT2D eigenvalue weighted by molar-refractivity contribution is 5.82. The molecule has 0 aliphatic carbocycles. The zero-order chi connectivity index (χ0) is 18.7. The third-order valence-electron chi connectivity index (χ3n) is 4.65. The molecule has 1 heterocycles. The van der Waals surface area contributed by atoms with Crippen LogP contribution in [-0.4, -0.2) is 12.1 Å². The first-order chi connectivity index (χ1) is 12.8. The van der Waals surface area contributed by atoms with Crippen LogP contribution in [0.4, 0.5) is 0 Å². The number of ether oxygens (including phenoxy) is 1. The lowest BCUT2D eigenvalue weighted by atomic mass is 10.1. The molecule has 0 N–H and O–H groups in total. The van der Waals surface area contributed by atoms with E-state index in [-0.39, 0.29) is 12.1 Å². The summed E-state index contributed by atoms with van der Waals surface area (Å²) in [6.07, 6.45) is 32.1. The van der Waals surface area contributed by atoms with Crippen LogP contribution in [0, 0.1) is 0 Å². The normalized spacial score (nSPS) is 28.2. The Balaban J connectivity index is 2.35. The van der Waals surface area contributed by atoms with Crippen molar-refractivity contribution in [2.45, 2.75) is 96.5 Å². The Kier molecular flexibility index (Phi) is 14.6. The van der Waals surface area contributed by atoms with E-state index in [1.807, 2.05) is 13.0 Å². The molecule has 0 radical (unpaired) electrons. The largest absolute Gasteiger partial charge is 0.460 e. The lowest BCUT2D eigenvalue weighted by Gasteiger charge is -2.10. The predicted molar refractivity (Wildman–Crippen MR) is 112 cm³/mol. The van der Waals surface area contributed by atoms with Crippen molar-refractivity contribution in [2.75, 3.05) is 0 Å². The Morgan fingerprint density at radius 3 is 1.73 bits per heavy atom. The molecule has 26 heavy (non-hydrogen) atoms. The third kappa shape index (κ3) is 14.7. The van der Waals surface area contributed by atoms with Crippen LogP contribution in [0.25, 0.3) is 0 Å². The van der Waals surface area contributed by atoms with E-state index in [0.717, 1.165) is 25.7 Å². The molecule has 0 aromatic rings. The van der Waals surface area contributed by atoms with E-state index in [4.69, 9.17) is 4.74 Å². The van der Waals surface area contributed by atoms with Gasteiger partial charge in [-0.2, -0.15) is 0 Å². The monoisotopic (exact) mass is 358 g/mol. The number of carbonyl (C=O) groups excluding carboxylic acids is 1. The van der Waals surface area contributed by atoms with E-state index in [1.54, 1.807) is 6.08 Å². The van der Waals surface area contributed by atoms with Crippen molar-refractivity contribution in [2.24, 2.45) is 0 Å². The minimum absolute atomic E-state index is 0.0226. The topological polar surface area (TPSA) is 26.3 Å². The molecule has 0 aromatic heterocycles. The minimum Gasteiger partial charge on any atom is -0.460 e. The van der Waals surface area contributed by atoms with Gasteiger partial charge in [0.25, 0.3) is 0 Å². The van der Waals surface area contributed by atoms with E-state index >= 15 is 0 Å². The van der Waals surface area contributed by atoms with Crippen molar-refractivity contribution in [3.8, 4) is 0 Å². The maximum atomic E-state index is 11.7. The maximum absolute atomic E-state index is 11.7. The number of rotatable bonds is 0. The summed E-state index contributed by atoms with van der Waals surface area (Å²) in [5.41, 5.74) is 0. The molecule has 146 valence electrons. The summed E-state index contributed by atoms with van der Waals surface area (Å²) < 4.78 is 5.39. The average Bonchev–Trinajstić information content (AvgIpc) is 2.62. The second-order valence-corrected chi connectivity index (χ2v) is 7.23. The van der Waals surface area contributed by atoms with Crippen LogP contribution in [0.2, 0.25) is 0 Å². The summed E-state index contributed by atoms with van der Waals surface area (Å²) in [7, 11) is 0. The highest BCUT2D eigenvalue weighted by Crippen LogP contribution is 2.11. The Morgan fingerprint density at radius 1 is 0.692 bits per heavy atom. The predicted octanol–water partition coefficient (Wildman–Crippen LogP) is 7.23. The van der Waals surface area contributed by atoms with Crippen molar-refractivity contribution in [1.82, 2.24) is 0 Å². The molecule has 2 heteroatoms. The summed E-state index contributed by atoms with van der Waals surface area (Å²) in [5.74, 6) is -0.241. The minimum atomic E-state index is -0.241. The fraction of sp³-hybridized carbons (Fsp3) is 0.625. The van der Waals surface area contributed by atoms with Gasteiger partial charge in [0.15, 0.2) is 0 Å². The number of esters is 1. The van der Waals surface area contributed by atoms with E-state index < -0.39 is 0 Å². The highest BCUT2D eigenvalue weighted by atomic mass is 16.5. The molecule has 1 aliphatic rings. The molecular weight excluding hydrogens is 320 g/mol. The Labute approximate surface area is 161 Å². The standard InChI is InChI=1S/C24H38O2/c1-23-21-19-17-15-13-11-9-7-5-3-2-4-6-8-10-12-14-16-18-20-22-24(25)26-23/h9,11,13,15-16,18,20,22-23H,2-8,10,12,14,17,19,21H2,1H3/b11-9-,15-13+,18-16+,22-20-. The van der Waals surface area contributed by atoms with Gasteiger partial charge in [0.2, 0.25) is 0 Å². The van der Waals surface area contributed by atoms with Gasteiger partial charge in [-0.15, -0.1) is 0 Å². The first-order valence-corrected chi connectivity index (χ1v) is 10.6. The molecule has 0 aromatic carbocycles. The van der Waals surface area contributed by atoms with Crippen molar-refractivity contribution in [3.63, 3.8) is 0 Å². The highest BCUT2D eigenvalue weighted by Gasteiger charge is 2.05. The van der Waals surface area contributed by atoms with Gasteiger partial charge in [-0.3, -0.25) is 0 Å². The summed E-state index contributed by atoms with van der Waals surface area (Å²) in [6, 6.07) is 0. The second kappa shape index (κ2) is 16.9. The van der Waals surface area contributed by atoms with Crippen LogP contribution in [0.1, 0.15) is 90.4 Å². The molecule has 1 atom stereocenters. The summed E-state index contributed by atoms with van der Waals surface area (Å²) in [4.78, 5) is 11.7. The van der Waals surface area contributed by atoms with Crippen LogP contribution in [0.15, 0.2) is 48.6 Å².